The number of carboxylic acids is 1. The molecule has 1 fully saturated rings. The van der Waals surface area contributed by atoms with E-state index in [4.69, 9.17) is 5.11 Å². The average molecular weight is 338 g/mol. The van der Waals surface area contributed by atoms with Crippen molar-refractivity contribution in [2.24, 2.45) is 5.92 Å². The molecule has 1 N–H and O–H groups in total. The fourth-order valence-electron chi connectivity index (χ4n) is 2.41. The molecule has 0 heterocycles. The Morgan fingerprint density at radius 1 is 1.50 bits per heavy atom. The molecule has 3 nitrogen and oxygen atoms in total. The fourth-order valence-corrected chi connectivity index (χ4v) is 2.91. The lowest BCUT2D eigenvalue weighted by molar-refractivity contribution is -0.131. The van der Waals surface area contributed by atoms with Crippen LogP contribution in [0, 0.1) is 5.92 Å². The van der Waals surface area contributed by atoms with E-state index in [2.05, 4.69) is 39.9 Å². The fraction of sp³-hybridized carbons (Fsp3) is 0.438. The van der Waals surface area contributed by atoms with E-state index in [9.17, 15) is 4.79 Å². The molecule has 0 saturated heterocycles. The second-order valence-electron chi connectivity index (χ2n) is 5.21. The normalized spacial score (nSPS) is 15.3. The number of nitrogens with zero attached hydrogens (tertiary/aromatic N) is 1. The molecule has 0 aliphatic heterocycles. The minimum atomic E-state index is -0.929. The summed E-state index contributed by atoms with van der Waals surface area (Å²) < 4.78 is 0.930. The van der Waals surface area contributed by atoms with Crippen molar-refractivity contribution >= 4 is 33.7 Å². The summed E-state index contributed by atoms with van der Waals surface area (Å²) in [6.07, 6.45) is 6.82. The van der Waals surface area contributed by atoms with Crippen molar-refractivity contribution in [3.63, 3.8) is 0 Å². The van der Waals surface area contributed by atoms with Crippen LogP contribution in [0.5, 0.6) is 0 Å². The molecule has 108 valence electrons. The second kappa shape index (κ2) is 6.93. The van der Waals surface area contributed by atoms with Gasteiger partial charge >= 0.3 is 5.97 Å². The largest absolute Gasteiger partial charge is 0.478 e. The number of halogens is 1. The first-order chi connectivity index (χ1) is 9.60. The van der Waals surface area contributed by atoms with Gasteiger partial charge in [0, 0.05) is 29.3 Å². The number of anilines is 1. The van der Waals surface area contributed by atoms with Gasteiger partial charge in [-0.3, -0.25) is 0 Å². The van der Waals surface area contributed by atoms with Gasteiger partial charge in [0.25, 0.3) is 0 Å². The summed E-state index contributed by atoms with van der Waals surface area (Å²) in [6.45, 7) is 4.28. The molecule has 0 radical (unpaired) electrons. The number of carbonyl (C=O) groups is 1. The molecule has 0 aromatic heterocycles. The van der Waals surface area contributed by atoms with E-state index >= 15 is 0 Å². The molecule has 1 aliphatic rings. The van der Waals surface area contributed by atoms with Gasteiger partial charge < -0.3 is 10.0 Å². The van der Waals surface area contributed by atoms with E-state index in [1.165, 1.54) is 24.9 Å². The Morgan fingerprint density at radius 3 is 2.75 bits per heavy atom. The van der Waals surface area contributed by atoms with E-state index in [-0.39, 0.29) is 0 Å². The van der Waals surface area contributed by atoms with Gasteiger partial charge in [-0.05, 0) is 49.5 Å². The summed E-state index contributed by atoms with van der Waals surface area (Å²) in [5.74, 6) is -0.0959. The van der Waals surface area contributed by atoms with Crippen molar-refractivity contribution in [2.45, 2.75) is 26.2 Å². The highest BCUT2D eigenvalue weighted by Crippen LogP contribution is 2.30. The zero-order chi connectivity index (χ0) is 14.5. The van der Waals surface area contributed by atoms with Gasteiger partial charge in [0.2, 0.25) is 0 Å². The van der Waals surface area contributed by atoms with Gasteiger partial charge in [-0.2, -0.15) is 0 Å². The first-order valence-electron chi connectivity index (χ1n) is 7.05. The second-order valence-corrected chi connectivity index (χ2v) is 6.07. The van der Waals surface area contributed by atoms with Crippen LogP contribution in [-0.2, 0) is 4.79 Å². The maximum Gasteiger partial charge on any atom is 0.328 e. The van der Waals surface area contributed by atoms with Gasteiger partial charge in [-0.1, -0.05) is 28.4 Å². The Kier molecular flexibility index (Phi) is 5.24. The molecule has 1 aromatic carbocycles. The standard InChI is InChI=1S/C16H20BrNO2/c1-2-18(11-12-4-3-5-12)14-8-6-13(15(17)10-14)7-9-16(19)20/h6-10,12H,2-5,11H2,1H3,(H,19,20)/b9-7+. The van der Waals surface area contributed by atoms with Gasteiger partial charge in [0.15, 0.2) is 0 Å². The van der Waals surface area contributed by atoms with Crippen molar-refractivity contribution in [2.75, 3.05) is 18.0 Å². The summed E-state index contributed by atoms with van der Waals surface area (Å²) in [4.78, 5) is 12.9. The summed E-state index contributed by atoms with van der Waals surface area (Å²) in [6, 6.07) is 6.10. The Hall–Kier alpha value is -1.29. The number of benzene rings is 1. The van der Waals surface area contributed by atoms with Gasteiger partial charge in [0.1, 0.15) is 0 Å². The molecule has 1 saturated carbocycles. The smallest absolute Gasteiger partial charge is 0.328 e. The summed E-state index contributed by atoms with van der Waals surface area (Å²) in [5.41, 5.74) is 2.08. The van der Waals surface area contributed by atoms with E-state index in [0.717, 1.165) is 35.1 Å². The maximum absolute atomic E-state index is 10.6. The van der Waals surface area contributed by atoms with Crippen LogP contribution in [0.3, 0.4) is 0 Å². The highest BCUT2D eigenvalue weighted by Gasteiger charge is 2.20. The van der Waals surface area contributed by atoms with Crippen LogP contribution < -0.4 is 4.90 Å². The van der Waals surface area contributed by atoms with E-state index < -0.39 is 5.97 Å². The third-order valence-electron chi connectivity index (χ3n) is 3.84. The molecular weight excluding hydrogens is 318 g/mol. The maximum atomic E-state index is 10.6. The molecule has 0 amide bonds. The van der Waals surface area contributed by atoms with Crippen molar-refractivity contribution in [3.8, 4) is 0 Å². The Labute approximate surface area is 128 Å². The van der Waals surface area contributed by atoms with Crippen LogP contribution in [0.2, 0.25) is 0 Å². The monoisotopic (exact) mass is 337 g/mol. The SMILES string of the molecule is CCN(CC1CCC1)c1ccc(/C=C/C(=O)O)c(Br)c1. The number of rotatable bonds is 6. The number of hydrogen-bond donors (Lipinski definition) is 1. The minimum Gasteiger partial charge on any atom is -0.478 e. The van der Waals surface area contributed by atoms with Crippen molar-refractivity contribution in [3.05, 3.63) is 34.3 Å². The summed E-state index contributed by atoms with van der Waals surface area (Å²) >= 11 is 3.52. The van der Waals surface area contributed by atoms with Crippen LogP contribution >= 0.6 is 15.9 Å². The van der Waals surface area contributed by atoms with Crippen molar-refractivity contribution in [1.29, 1.82) is 0 Å². The minimum absolute atomic E-state index is 0.834. The average Bonchev–Trinajstić information content (AvgIpc) is 2.36. The third kappa shape index (κ3) is 3.85. The third-order valence-corrected chi connectivity index (χ3v) is 4.53. The molecule has 1 aliphatic carbocycles. The first kappa shape index (κ1) is 15.1. The summed E-state index contributed by atoms with van der Waals surface area (Å²) in [7, 11) is 0. The lowest BCUT2D eigenvalue weighted by Gasteiger charge is -2.33. The topological polar surface area (TPSA) is 40.5 Å². The molecule has 4 heteroatoms. The van der Waals surface area contributed by atoms with Crippen molar-refractivity contribution < 1.29 is 9.90 Å². The highest BCUT2D eigenvalue weighted by atomic mass is 79.9. The lowest BCUT2D eigenvalue weighted by Crippen LogP contribution is -2.32. The van der Waals surface area contributed by atoms with E-state index in [1.54, 1.807) is 6.08 Å². The van der Waals surface area contributed by atoms with Crippen LogP contribution in [0.4, 0.5) is 5.69 Å². The Bertz CT molecular complexity index is 509. The van der Waals surface area contributed by atoms with E-state index in [1.807, 2.05) is 6.07 Å². The predicted octanol–water partition coefficient (Wildman–Crippen LogP) is 4.17. The van der Waals surface area contributed by atoms with E-state index in [0.29, 0.717) is 0 Å². The molecule has 1 aromatic rings. The molecule has 20 heavy (non-hydrogen) atoms. The lowest BCUT2D eigenvalue weighted by atomic mass is 9.85. The quantitative estimate of drug-likeness (QED) is 0.792. The Morgan fingerprint density at radius 2 is 2.25 bits per heavy atom. The zero-order valence-corrected chi connectivity index (χ0v) is 13.3. The van der Waals surface area contributed by atoms with Gasteiger partial charge in [-0.15, -0.1) is 0 Å². The highest BCUT2D eigenvalue weighted by molar-refractivity contribution is 9.10. The van der Waals surface area contributed by atoms with Crippen LogP contribution in [-0.4, -0.2) is 24.2 Å². The Balaban J connectivity index is 2.11. The molecule has 0 atom stereocenters. The predicted molar refractivity (Wildman–Crippen MR) is 86.0 cm³/mol. The van der Waals surface area contributed by atoms with Crippen LogP contribution in [0.15, 0.2) is 28.7 Å². The van der Waals surface area contributed by atoms with Crippen molar-refractivity contribution in [1.82, 2.24) is 0 Å². The van der Waals surface area contributed by atoms with Crippen LogP contribution in [0.1, 0.15) is 31.7 Å². The van der Waals surface area contributed by atoms with Gasteiger partial charge in [-0.25, -0.2) is 4.79 Å². The number of aliphatic carboxylic acids is 1. The van der Waals surface area contributed by atoms with Crippen LogP contribution in [0.25, 0.3) is 6.08 Å². The molecule has 0 unspecified atom stereocenters. The van der Waals surface area contributed by atoms with Gasteiger partial charge in [0.05, 0.1) is 0 Å². The zero-order valence-electron chi connectivity index (χ0n) is 11.7. The molecule has 0 bridgehead atoms. The number of hydrogen-bond acceptors (Lipinski definition) is 2. The molecular formula is C16H20BrNO2. The molecule has 0 spiro atoms. The number of carboxylic acid groups (broad SMARTS) is 1. The summed E-state index contributed by atoms with van der Waals surface area (Å²) in [5, 5.41) is 8.67. The molecule has 2 rings (SSSR count). The first-order valence-corrected chi connectivity index (χ1v) is 7.85.